The molecule has 20 heavy (non-hydrogen) atoms. The topological polar surface area (TPSA) is 37.3 Å². The second-order valence-corrected chi connectivity index (χ2v) is 6.90. The summed E-state index contributed by atoms with van der Waals surface area (Å²) >= 11 is 11.8. The van der Waals surface area contributed by atoms with Gasteiger partial charge in [0.25, 0.3) is 0 Å². The van der Waals surface area contributed by atoms with E-state index in [1.54, 1.807) is 54.8 Å². The van der Waals surface area contributed by atoms with E-state index >= 15 is 0 Å². The number of hydrogen-bond donors (Lipinski definition) is 1. The van der Waals surface area contributed by atoms with Crippen LogP contribution in [0.1, 0.15) is 11.1 Å². The van der Waals surface area contributed by atoms with Crippen LogP contribution in [-0.2, 0) is 16.4 Å². The fraction of sp³-hybridized carbons (Fsp3) is 0.200. The van der Waals surface area contributed by atoms with E-state index in [1.807, 2.05) is 0 Å². The molecule has 1 N–H and O–H groups in total. The summed E-state index contributed by atoms with van der Waals surface area (Å²) in [6.07, 6.45) is 1.57. The highest BCUT2D eigenvalue weighted by Crippen LogP contribution is 2.32. The van der Waals surface area contributed by atoms with E-state index in [4.69, 9.17) is 23.2 Å². The highest BCUT2D eigenvalue weighted by Gasteiger charge is 2.32. The molecule has 2 aromatic rings. The highest BCUT2D eigenvalue weighted by molar-refractivity contribution is 7.84. The van der Waals surface area contributed by atoms with Crippen LogP contribution in [-0.4, -0.2) is 21.3 Å². The lowest BCUT2D eigenvalue weighted by Crippen LogP contribution is -2.33. The third-order valence-electron chi connectivity index (χ3n) is 3.06. The van der Waals surface area contributed by atoms with Gasteiger partial charge in [-0.1, -0.05) is 47.5 Å². The van der Waals surface area contributed by atoms with Gasteiger partial charge < -0.3 is 5.11 Å². The summed E-state index contributed by atoms with van der Waals surface area (Å²) in [7, 11) is -1.16. The molecule has 106 valence electrons. The molecule has 0 saturated carbocycles. The van der Waals surface area contributed by atoms with Crippen LogP contribution in [0, 0.1) is 0 Å². The largest absolute Gasteiger partial charge is 0.379 e. The molecular weight excluding hydrogens is 315 g/mol. The second kappa shape index (κ2) is 6.27. The van der Waals surface area contributed by atoms with E-state index < -0.39 is 16.4 Å². The molecule has 0 aliphatic rings. The van der Waals surface area contributed by atoms with Gasteiger partial charge in [-0.2, -0.15) is 0 Å². The molecule has 0 spiro atoms. The van der Waals surface area contributed by atoms with Crippen LogP contribution in [0.15, 0.2) is 48.5 Å². The Balaban J connectivity index is 2.52. The first-order valence-corrected chi connectivity index (χ1v) is 8.44. The minimum atomic E-state index is -1.32. The fourth-order valence-electron chi connectivity index (χ4n) is 2.08. The third-order valence-corrected chi connectivity index (χ3v) is 4.38. The predicted molar refractivity (Wildman–Crippen MR) is 84.8 cm³/mol. The molecule has 0 aliphatic carbocycles. The van der Waals surface area contributed by atoms with Crippen LogP contribution >= 0.6 is 23.2 Å². The first-order chi connectivity index (χ1) is 9.41. The zero-order valence-electron chi connectivity index (χ0n) is 10.8. The van der Waals surface area contributed by atoms with E-state index in [-0.39, 0.29) is 5.75 Å². The van der Waals surface area contributed by atoms with E-state index in [9.17, 15) is 9.32 Å². The molecular formula is C15H14Cl2O2S. The molecule has 1 atom stereocenters. The quantitative estimate of drug-likeness (QED) is 0.930. The van der Waals surface area contributed by atoms with E-state index in [0.717, 1.165) is 0 Å². The van der Waals surface area contributed by atoms with Crippen molar-refractivity contribution in [2.24, 2.45) is 0 Å². The highest BCUT2D eigenvalue weighted by atomic mass is 35.5. The summed E-state index contributed by atoms with van der Waals surface area (Å²) in [5.41, 5.74) is -0.0201. The monoisotopic (exact) mass is 328 g/mol. The maximum atomic E-state index is 11.6. The standard InChI is InChI=1S/C15H14Cl2O2S/c1-20(19)10-15(18,11-2-6-13(16)7-3-11)12-4-8-14(17)9-5-12/h2-9,18H,10H2,1H3. The first kappa shape index (κ1) is 15.5. The van der Waals surface area contributed by atoms with Crippen molar-refractivity contribution >= 4 is 34.0 Å². The minimum Gasteiger partial charge on any atom is -0.379 e. The SMILES string of the molecule is CS(=O)CC(O)(c1ccc(Cl)cc1)c1ccc(Cl)cc1. The summed E-state index contributed by atoms with van der Waals surface area (Å²) in [6, 6.07) is 13.8. The van der Waals surface area contributed by atoms with Crippen LogP contribution in [0.3, 0.4) is 0 Å². The summed E-state index contributed by atoms with van der Waals surface area (Å²) in [5, 5.41) is 12.2. The lowest BCUT2D eigenvalue weighted by atomic mass is 9.88. The van der Waals surface area contributed by atoms with Crippen LogP contribution < -0.4 is 0 Å². The van der Waals surface area contributed by atoms with Gasteiger partial charge in [-0.15, -0.1) is 0 Å². The lowest BCUT2D eigenvalue weighted by molar-refractivity contribution is 0.107. The molecule has 1 unspecified atom stereocenters. The van der Waals surface area contributed by atoms with Crippen molar-refractivity contribution in [1.29, 1.82) is 0 Å². The molecule has 0 bridgehead atoms. The smallest absolute Gasteiger partial charge is 0.126 e. The molecule has 2 nitrogen and oxygen atoms in total. The van der Waals surface area contributed by atoms with Crippen LogP contribution in [0.4, 0.5) is 0 Å². The van der Waals surface area contributed by atoms with Gasteiger partial charge >= 0.3 is 0 Å². The first-order valence-electron chi connectivity index (χ1n) is 5.96. The van der Waals surface area contributed by atoms with Gasteiger partial charge in [0, 0.05) is 27.1 Å². The summed E-state index contributed by atoms with van der Waals surface area (Å²) in [4.78, 5) is 0. The molecule has 0 saturated heterocycles. The number of rotatable bonds is 4. The molecule has 0 amide bonds. The van der Waals surface area contributed by atoms with Gasteiger partial charge in [-0.25, -0.2) is 0 Å². The second-order valence-electron chi connectivity index (χ2n) is 4.59. The van der Waals surface area contributed by atoms with Crippen molar-refractivity contribution < 1.29 is 9.32 Å². The Morgan fingerprint density at radius 1 is 0.950 bits per heavy atom. The molecule has 2 rings (SSSR count). The Bertz CT molecular complexity index is 563. The van der Waals surface area contributed by atoms with Crippen LogP contribution in [0.5, 0.6) is 0 Å². The van der Waals surface area contributed by atoms with Gasteiger partial charge in [0.15, 0.2) is 0 Å². The third kappa shape index (κ3) is 3.41. The average Bonchev–Trinajstić information content (AvgIpc) is 2.39. The number of benzene rings is 2. The van der Waals surface area contributed by atoms with Crippen molar-refractivity contribution in [3.63, 3.8) is 0 Å². The normalized spacial score (nSPS) is 13.2. The maximum Gasteiger partial charge on any atom is 0.126 e. The van der Waals surface area contributed by atoms with Crippen molar-refractivity contribution in [2.75, 3.05) is 12.0 Å². The predicted octanol–water partition coefficient (Wildman–Crippen LogP) is 3.61. The van der Waals surface area contributed by atoms with Crippen molar-refractivity contribution in [1.82, 2.24) is 0 Å². The number of halogens is 2. The number of hydrogen-bond acceptors (Lipinski definition) is 2. The molecule has 0 heterocycles. The Hall–Kier alpha value is -0.870. The van der Waals surface area contributed by atoms with Crippen molar-refractivity contribution in [2.45, 2.75) is 5.60 Å². The van der Waals surface area contributed by atoms with Gasteiger partial charge in [0.1, 0.15) is 5.60 Å². The Kier molecular flexibility index (Phi) is 4.86. The Labute approximate surface area is 130 Å². The maximum absolute atomic E-state index is 11.6. The van der Waals surface area contributed by atoms with Gasteiger partial charge in [0.2, 0.25) is 0 Å². The van der Waals surface area contributed by atoms with Gasteiger partial charge in [-0.05, 0) is 35.4 Å². The summed E-state index contributed by atoms with van der Waals surface area (Å²) in [5.74, 6) is 0.107. The summed E-state index contributed by atoms with van der Waals surface area (Å²) < 4.78 is 11.6. The van der Waals surface area contributed by atoms with Gasteiger partial charge in [-0.3, -0.25) is 4.21 Å². The van der Waals surface area contributed by atoms with E-state index in [2.05, 4.69) is 0 Å². The lowest BCUT2D eigenvalue weighted by Gasteiger charge is -2.28. The molecule has 2 aromatic carbocycles. The van der Waals surface area contributed by atoms with E-state index in [1.165, 1.54) is 0 Å². The van der Waals surface area contributed by atoms with E-state index in [0.29, 0.717) is 21.2 Å². The molecule has 5 heteroatoms. The Morgan fingerprint density at radius 3 is 1.60 bits per heavy atom. The average molecular weight is 329 g/mol. The number of aliphatic hydroxyl groups is 1. The fourth-order valence-corrected chi connectivity index (χ4v) is 3.25. The van der Waals surface area contributed by atoms with Crippen LogP contribution in [0.2, 0.25) is 10.0 Å². The zero-order chi connectivity index (χ0) is 14.8. The minimum absolute atomic E-state index is 0.107. The molecule has 0 aromatic heterocycles. The zero-order valence-corrected chi connectivity index (χ0v) is 13.2. The van der Waals surface area contributed by atoms with Crippen molar-refractivity contribution in [3.05, 3.63) is 69.7 Å². The van der Waals surface area contributed by atoms with Crippen molar-refractivity contribution in [3.8, 4) is 0 Å². The molecule has 0 fully saturated rings. The summed E-state index contributed by atoms with van der Waals surface area (Å²) in [6.45, 7) is 0. The van der Waals surface area contributed by atoms with Crippen LogP contribution in [0.25, 0.3) is 0 Å². The van der Waals surface area contributed by atoms with Gasteiger partial charge in [0.05, 0.1) is 5.75 Å². The molecule has 0 aliphatic heterocycles. The Morgan fingerprint density at radius 2 is 1.30 bits per heavy atom. The molecule has 0 radical (unpaired) electrons.